The molecule has 0 spiro atoms. The Morgan fingerprint density at radius 1 is 1.12 bits per heavy atom. The van der Waals surface area contributed by atoms with Crippen molar-refractivity contribution in [2.45, 2.75) is 43.8 Å². The van der Waals surface area contributed by atoms with Crippen LogP contribution in [0.15, 0.2) is 76.2 Å². The molecule has 1 amide bonds. The summed E-state index contributed by atoms with van der Waals surface area (Å²) < 4.78 is 1.70. The van der Waals surface area contributed by atoms with Crippen molar-refractivity contribution in [1.29, 1.82) is 5.26 Å². The number of hydrogen-bond acceptors (Lipinski definition) is 5. The van der Waals surface area contributed by atoms with Gasteiger partial charge < -0.3 is 0 Å². The largest absolute Gasteiger partial charge is 0.298 e. The van der Waals surface area contributed by atoms with Gasteiger partial charge in [0.15, 0.2) is 5.16 Å². The predicted molar refractivity (Wildman–Crippen MR) is 132 cm³/mol. The Labute approximate surface area is 197 Å². The van der Waals surface area contributed by atoms with E-state index in [1.807, 2.05) is 48.5 Å². The number of hydrogen-bond donors (Lipinski definition) is 0. The van der Waals surface area contributed by atoms with Gasteiger partial charge >= 0.3 is 0 Å². The van der Waals surface area contributed by atoms with Gasteiger partial charge in [0, 0.05) is 12.2 Å². The van der Waals surface area contributed by atoms with Gasteiger partial charge in [-0.3, -0.25) is 19.1 Å². The highest BCUT2D eigenvalue weighted by Gasteiger charge is 2.18. The van der Waals surface area contributed by atoms with Crippen molar-refractivity contribution in [1.82, 2.24) is 9.55 Å². The lowest BCUT2D eigenvalue weighted by Crippen LogP contribution is -2.33. The number of anilines is 1. The third-order valence-electron chi connectivity index (χ3n) is 5.79. The van der Waals surface area contributed by atoms with Gasteiger partial charge in [0.05, 0.1) is 22.7 Å². The molecule has 3 aromatic rings. The first kappa shape index (κ1) is 22.8. The van der Waals surface area contributed by atoms with E-state index in [2.05, 4.69) is 12.1 Å². The van der Waals surface area contributed by atoms with Gasteiger partial charge in [-0.25, -0.2) is 4.98 Å². The Hall–Kier alpha value is -3.37. The molecular weight excluding hydrogens is 432 g/mol. The third kappa shape index (κ3) is 5.52. The molecule has 0 radical (unpaired) electrons. The summed E-state index contributed by atoms with van der Waals surface area (Å²) in [5.74, 6) is -0.110. The minimum Gasteiger partial charge on any atom is -0.298 e. The number of allylic oxidation sites excluding steroid dienone is 2. The molecule has 168 valence electrons. The molecular formula is C26H26N4O2S. The van der Waals surface area contributed by atoms with Gasteiger partial charge in [-0.15, -0.1) is 0 Å². The topological polar surface area (TPSA) is 79.0 Å². The summed E-state index contributed by atoms with van der Waals surface area (Å²) in [5, 5.41) is 10.3. The molecule has 0 fully saturated rings. The lowest BCUT2D eigenvalue weighted by Gasteiger charge is -2.20. The van der Waals surface area contributed by atoms with Crippen LogP contribution in [0.1, 0.15) is 32.1 Å². The Balaban J connectivity index is 1.59. The maximum Gasteiger partial charge on any atom is 0.262 e. The third-order valence-corrected chi connectivity index (χ3v) is 6.75. The number of fused-ring (bicyclic) bond motifs is 1. The number of benzene rings is 2. The normalized spacial score (nSPS) is 13.4. The van der Waals surface area contributed by atoms with Gasteiger partial charge in [0.1, 0.15) is 6.54 Å². The molecule has 2 aromatic carbocycles. The molecule has 0 saturated heterocycles. The van der Waals surface area contributed by atoms with Gasteiger partial charge in [0.2, 0.25) is 5.91 Å². The van der Waals surface area contributed by atoms with E-state index in [1.54, 1.807) is 10.6 Å². The van der Waals surface area contributed by atoms with Crippen molar-refractivity contribution in [2.24, 2.45) is 0 Å². The van der Waals surface area contributed by atoms with E-state index >= 15 is 0 Å². The van der Waals surface area contributed by atoms with Gasteiger partial charge in [-0.2, -0.15) is 5.26 Å². The summed E-state index contributed by atoms with van der Waals surface area (Å²) in [6.07, 6.45) is 7.71. The zero-order valence-electron chi connectivity index (χ0n) is 18.4. The molecule has 0 unspecified atom stereocenters. The van der Waals surface area contributed by atoms with E-state index in [0.717, 1.165) is 19.3 Å². The first-order chi connectivity index (χ1) is 16.2. The Morgan fingerprint density at radius 2 is 1.91 bits per heavy atom. The number of aromatic nitrogens is 2. The number of nitrogens with zero attached hydrogens (tertiary/aromatic N) is 4. The minimum absolute atomic E-state index is 0.0322. The highest BCUT2D eigenvalue weighted by atomic mass is 32.2. The van der Waals surface area contributed by atoms with Crippen LogP contribution in [0.3, 0.4) is 0 Å². The maximum atomic E-state index is 13.3. The maximum absolute atomic E-state index is 13.3. The van der Waals surface area contributed by atoms with Gasteiger partial charge in [0.25, 0.3) is 5.56 Å². The highest BCUT2D eigenvalue weighted by molar-refractivity contribution is 7.99. The van der Waals surface area contributed by atoms with Crippen LogP contribution in [0.25, 0.3) is 10.9 Å². The fourth-order valence-corrected chi connectivity index (χ4v) is 4.95. The van der Waals surface area contributed by atoms with E-state index in [1.165, 1.54) is 35.1 Å². The van der Waals surface area contributed by atoms with Gasteiger partial charge in [-0.05, 0) is 56.4 Å². The second kappa shape index (κ2) is 11.0. The van der Waals surface area contributed by atoms with Crippen molar-refractivity contribution < 1.29 is 4.79 Å². The standard InChI is InChI=1S/C26H26N4O2S/c27-16-18-29(21-11-5-2-6-12-21)24(31)19-33-26-28-23-14-8-7-13-22(23)25(32)30(26)17-15-20-9-3-1-4-10-20/h2,5-9,11-14H,1,3-4,10,15,17-19H2. The predicted octanol–water partition coefficient (Wildman–Crippen LogP) is 4.94. The fourth-order valence-electron chi connectivity index (χ4n) is 4.05. The molecule has 1 aliphatic carbocycles. The Morgan fingerprint density at radius 3 is 2.67 bits per heavy atom. The molecule has 4 rings (SSSR count). The summed E-state index contributed by atoms with van der Waals surface area (Å²) in [4.78, 5) is 32.5. The summed E-state index contributed by atoms with van der Waals surface area (Å²) in [6, 6.07) is 18.5. The number of amides is 1. The number of rotatable bonds is 8. The second-order valence-corrected chi connectivity index (χ2v) is 8.93. The molecule has 1 heterocycles. The van der Waals surface area contributed by atoms with Crippen LogP contribution in [0.5, 0.6) is 0 Å². The van der Waals surface area contributed by atoms with Crippen LogP contribution >= 0.6 is 11.8 Å². The average Bonchev–Trinajstić information content (AvgIpc) is 2.86. The van der Waals surface area contributed by atoms with Crippen LogP contribution in [0.4, 0.5) is 5.69 Å². The number of carbonyl (C=O) groups excluding carboxylic acids is 1. The van der Waals surface area contributed by atoms with E-state index in [-0.39, 0.29) is 23.8 Å². The highest BCUT2D eigenvalue weighted by Crippen LogP contribution is 2.24. The summed E-state index contributed by atoms with van der Waals surface area (Å²) >= 11 is 1.25. The number of thioether (sulfide) groups is 1. The minimum atomic E-state index is -0.198. The molecule has 7 heteroatoms. The zero-order valence-corrected chi connectivity index (χ0v) is 19.3. The Kier molecular flexibility index (Phi) is 7.59. The number of nitriles is 1. The summed E-state index contributed by atoms with van der Waals surface area (Å²) in [6.45, 7) is 0.509. The molecule has 0 N–H and O–H groups in total. The molecule has 0 atom stereocenters. The van der Waals surface area contributed by atoms with Crippen LogP contribution in [-0.4, -0.2) is 27.8 Å². The molecule has 6 nitrogen and oxygen atoms in total. The van der Waals surface area contributed by atoms with E-state index in [0.29, 0.717) is 28.3 Å². The van der Waals surface area contributed by atoms with Crippen LogP contribution in [-0.2, 0) is 11.3 Å². The second-order valence-electron chi connectivity index (χ2n) is 7.99. The monoisotopic (exact) mass is 458 g/mol. The molecule has 1 aliphatic rings. The Bertz CT molecular complexity index is 1260. The van der Waals surface area contributed by atoms with Crippen molar-refractivity contribution in [3.05, 3.63) is 76.6 Å². The molecule has 0 aliphatic heterocycles. The molecule has 1 aromatic heterocycles. The van der Waals surface area contributed by atoms with E-state index < -0.39 is 0 Å². The van der Waals surface area contributed by atoms with Gasteiger partial charge in [-0.1, -0.05) is 53.7 Å². The number of carbonyl (C=O) groups is 1. The SMILES string of the molecule is N#CCN(C(=O)CSc1nc2ccccc2c(=O)n1CCC1=CCCCC1)c1ccccc1. The lowest BCUT2D eigenvalue weighted by atomic mass is 9.97. The van der Waals surface area contributed by atoms with Crippen LogP contribution < -0.4 is 10.5 Å². The quantitative estimate of drug-likeness (QED) is 0.207. The fraction of sp³-hybridized carbons (Fsp3) is 0.308. The summed E-state index contributed by atoms with van der Waals surface area (Å²) in [5.41, 5.74) is 2.61. The average molecular weight is 459 g/mol. The van der Waals surface area contributed by atoms with Crippen LogP contribution in [0, 0.1) is 11.3 Å². The lowest BCUT2D eigenvalue weighted by molar-refractivity contribution is -0.116. The molecule has 0 saturated carbocycles. The van der Waals surface area contributed by atoms with Crippen LogP contribution in [0.2, 0.25) is 0 Å². The zero-order chi connectivity index (χ0) is 23.0. The smallest absolute Gasteiger partial charge is 0.262 e. The molecule has 33 heavy (non-hydrogen) atoms. The van der Waals surface area contributed by atoms with E-state index in [9.17, 15) is 14.9 Å². The first-order valence-electron chi connectivity index (χ1n) is 11.2. The summed E-state index contributed by atoms with van der Waals surface area (Å²) in [7, 11) is 0. The van der Waals surface area contributed by atoms with Crippen molar-refractivity contribution >= 4 is 34.3 Å². The molecule has 0 bridgehead atoms. The van der Waals surface area contributed by atoms with Crippen molar-refractivity contribution in [2.75, 3.05) is 17.2 Å². The van der Waals surface area contributed by atoms with Crippen molar-refractivity contribution in [3.63, 3.8) is 0 Å². The van der Waals surface area contributed by atoms with Crippen molar-refractivity contribution in [3.8, 4) is 6.07 Å². The number of para-hydroxylation sites is 2. The first-order valence-corrected chi connectivity index (χ1v) is 12.2. The van der Waals surface area contributed by atoms with E-state index in [4.69, 9.17) is 4.98 Å².